The van der Waals surface area contributed by atoms with Gasteiger partial charge in [0.2, 0.25) is 0 Å². The molecule has 0 radical (unpaired) electrons. The molecule has 0 spiro atoms. The second kappa shape index (κ2) is 7.32. The average Bonchev–Trinajstić information content (AvgIpc) is 2.18. The minimum Gasteiger partial charge on any atom is -0.313 e. The SMILES string of the molecule is CSCCCNCc1cccc(Br)c1. The highest BCUT2D eigenvalue weighted by atomic mass is 79.9. The Labute approximate surface area is 98.8 Å². The van der Waals surface area contributed by atoms with Crippen molar-refractivity contribution in [3.05, 3.63) is 34.3 Å². The summed E-state index contributed by atoms with van der Waals surface area (Å²) < 4.78 is 1.15. The summed E-state index contributed by atoms with van der Waals surface area (Å²) in [5, 5.41) is 3.43. The number of nitrogens with one attached hydrogen (secondary N) is 1. The Morgan fingerprint density at radius 3 is 3.00 bits per heavy atom. The summed E-state index contributed by atoms with van der Waals surface area (Å²) in [4.78, 5) is 0. The fourth-order valence-corrected chi connectivity index (χ4v) is 2.10. The van der Waals surface area contributed by atoms with Crippen LogP contribution in [0.4, 0.5) is 0 Å². The van der Waals surface area contributed by atoms with Crippen molar-refractivity contribution in [2.45, 2.75) is 13.0 Å². The zero-order valence-corrected chi connectivity index (χ0v) is 10.8. The molecule has 78 valence electrons. The second-order valence-corrected chi connectivity index (χ2v) is 5.05. The average molecular weight is 274 g/mol. The minimum atomic E-state index is 0.966. The van der Waals surface area contributed by atoms with Crippen LogP contribution in [0, 0.1) is 0 Å². The smallest absolute Gasteiger partial charge is 0.0205 e. The van der Waals surface area contributed by atoms with Crippen molar-refractivity contribution in [1.29, 1.82) is 0 Å². The Balaban J connectivity index is 2.18. The molecule has 1 aromatic carbocycles. The first-order valence-electron chi connectivity index (χ1n) is 4.77. The van der Waals surface area contributed by atoms with Crippen molar-refractivity contribution in [3.8, 4) is 0 Å². The topological polar surface area (TPSA) is 12.0 Å². The van der Waals surface area contributed by atoms with Crippen LogP contribution in [0.25, 0.3) is 0 Å². The van der Waals surface area contributed by atoms with Gasteiger partial charge in [-0.3, -0.25) is 0 Å². The molecule has 0 aliphatic rings. The first kappa shape index (κ1) is 12.1. The second-order valence-electron chi connectivity index (χ2n) is 3.15. The van der Waals surface area contributed by atoms with Gasteiger partial charge in [0.05, 0.1) is 0 Å². The molecule has 0 aromatic heterocycles. The van der Waals surface area contributed by atoms with E-state index in [1.807, 2.05) is 11.8 Å². The minimum absolute atomic E-state index is 0.966. The number of benzene rings is 1. The molecule has 1 nitrogen and oxygen atoms in total. The van der Waals surface area contributed by atoms with E-state index in [9.17, 15) is 0 Å². The molecule has 0 atom stereocenters. The fourth-order valence-electron chi connectivity index (χ4n) is 1.22. The lowest BCUT2D eigenvalue weighted by molar-refractivity contribution is 0.679. The van der Waals surface area contributed by atoms with Gasteiger partial charge in [0, 0.05) is 11.0 Å². The van der Waals surface area contributed by atoms with Crippen LogP contribution in [0.5, 0.6) is 0 Å². The molecule has 0 bridgehead atoms. The van der Waals surface area contributed by atoms with Crippen LogP contribution in [0.1, 0.15) is 12.0 Å². The molecule has 0 aliphatic carbocycles. The summed E-state index contributed by atoms with van der Waals surface area (Å²) in [6.07, 6.45) is 3.39. The molecule has 3 heteroatoms. The highest BCUT2D eigenvalue weighted by molar-refractivity contribution is 9.10. The highest BCUT2D eigenvalue weighted by Crippen LogP contribution is 2.11. The molecule has 0 saturated heterocycles. The van der Waals surface area contributed by atoms with Gasteiger partial charge < -0.3 is 5.32 Å². The first-order chi connectivity index (χ1) is 6.83. The Morgan fingerprint density at radius 1 is 1.43 bits per heavy atom. The Hall–Kier alpha value is 0.01000. The summed E-state index contributed by atoms with van der Waals surface area (Å²) >= 11 is 5.37. The zero-order chi connectivity index (χ0) is 10.2. The number of hydrogen-bond donors (Lipinski definition) is 1. The molecule has 1 aromatic rings. The van der Waals surface area contributed by atoms with Gasteiger partial charge in [0.15, 0.2) is 0 Å². The maximum atomic E-state index is 3.46. The lowest BCUT2D eigenvalue weighted by atomic mass is 10.2. The van der Waals surface area contributed by atoms with Crippen LogP contribution in [-0.2, 0) is 6.54 Å². The van der Waals surface area contributed by atoms with Crippen molar-refractivity contribution < 1.29 is 0 Å². The van der Waals surface area contributed by atoms with Crippen LogP contribution in [0.2, 0.25) is 0 Å². The summed E-state index contributed by atoms with van der Waals surface area (Å²) in [7, 11) is 0. The molecule has 0 aliphatic heterocycles. The molecular weight excluding hydrogens is 258 g/mol. The van der Waals surface area contributed by atoms with Gasteiger partial charge in [-0.25, -0.2) is 0 Å². The van der Waals surface area contributed by atoms with Gasteiger partial charge in [-0.05, 0) is 42.7 Å². The van der Waals surface area contributed by atoms with E-state index in [-0.39, 0.29) is 0 Å². The summed E-state index contributed by atoms with van der Waals surface area (Å²) in [5.41, 5.74) is 1.34. The number of thioether (sulfide) groups is 1. The maximum Gasteiger partial charge on any atom is 0.0205 e. The number of halogens is 1. The lowest BCUT2D eigenvalue weighted by Crippen LogP contribution is -2.15. The van der Waals surface area contributed by atoms with Gasteiger partial charge in [0.25, 0.3) is 0 Å². The van der Waals surface area contributed by atoms with E-state index in [2.05, 4.69) is 51.8 Å². The van der Waals surface area contributed by atoms with Crippen molar-refractivity contribution in [2.75, 3.05) is 18.6 Å². The third kappa shape index (κ3) is 5.03. The Bertz CT molecular complexity index is 265. The van der Waals surface area contributed by atoms with Gasteiger partial charge >= 0.3 is 0 Å². The van der Waals surface area contributed by atoms with Crippen LogP contribution >= 0.6 is 27.7 Å². The van der Waals surface area contributed by atoms with E-state index in [4.69, 9.17) is 0 Å². The predicted molar refractivity (Wildman–Crippen MR) is 68.8 cm³/mol. The van der Waals surface area contributed by atoms with Crippen molar-refractivity contribution in [3.63, 3.8) is 0 Å². The monoisotopic (exact) mass is 273 g/mol. The molecule has 0 fully saturated rings. The fraction of sp³-hybridized carbons (Fsp3) is 0.455. The van der Waals surface area contributed by atoms with E-state index in [1.165, 1.54) is 17.7 Å². The first-order valence-corrected chi connectivity index (χ1v) is 6.95. The van der Waals surface area contributed by atoms with Crippen LogP contribution in [0.15, 0.2) is 28.7 Å². The van der Waals surface area contributed by atoms with Gasteiger partial charge in [-0.2, -0.15) is 11.8 Å². The van der Waals surface area contributed by atoms with Gasteiger partial charge in [-0.1, -0.05) is 28.1 Å². The third-order valence-electron chi connectivity index (χ3n) is 1.92. The number of hydrogen-bond acceptors (Lipinski definition) is 2. The quantitative estimate of drug-likeness (QED) is 0.799. The van der Waals surface area contributed by atoms with E-state index >= 15 is 0 Å². The molecular formula is C11H16BrNS. The third-order valence-corrected chi connectivity index (χ3v) is 3.11. The largest absolute Gasteiger partial charge is 0.313 e. The molecule has 0 amide bonds. The molecule has 0 saturated carbocycles. The summed E-state index contributed by atoms with van der Waals surface area (Å²) in [6, 6.07) is 8.42. The summed E-state index contributed by atoms with van der Waals surface area (Å²) in [5.74, 6) is 1.24. The van der Waals surface area contributed by atoms with Crippen LogP contribution in [0.3, 0.4) is 0 Å². The molecule has 1 rings (SSSR count). The Morgan fingerprint density at radius 2 is 2.29 bits per heavy atom. The van der Waals surface area contributed by atoms with Crippen molar-refractivity contribution in [2.24, 2.45) is 0 Å². The molecule has 0 unspecified atom stereocenters. The normalized spacial score (nSPS) is 10.4. The van der Waals surface area contributed by atoms with E-state index < -0.39 is 0 Å². The van der Waals surface area contributed by atoms with Crippen molar-refractivity contribution >= 4 is 27.7 Å². The molecule has 14 heavy (non-hydrogen) atoms. The Kier molecular flexibility index (Phi) is 6.32. The van der Waals surface area contributed by atoms with E-state index in [0.29, 0.717) is 0 Å². The lowest BCUT2D eigenvalue weighted by Gasteiger charge is -2.04. The van der Waals surface area contributed by atoms with Crippen molar-refractivity contribution in [1.82, 2.24) is 5.32 Å². The van der Waals surface area contributed by atoms with Gasteiger partial charge in [-0.15, -0.1) is 0 Å². The summed E-state index contributed by atoms with van der Waals surface area (Å²) in [6.45, 7) is 2.07. The van der Waals surface area contributed by atoms with E-state index in [1.54, 1.807) is 0 Å². The molecule has 1 N–H and O–H groups in total. The zero-order valence-electron chi connectivity index (χ0n) is 8.42. The highest BCUT2D eigenvalue weighted by Gasteiger charge is 1.93. The maximum absolute atomic E-state index is 3.46. The van der Waals surface area contributed by atoms with Gasteiger partial charge in [0.1, 0.15) is 0 Å². The van der Waals surface area contributed by atoms with Crippen LogP contribution in [-0.4, -0.2) is 18.6 Å². The molecule has 0 heterocycles. The van der Waals surface area contributed by atoms with E-state index in [0.717, 1.165) is 17.6 Å². The van der Waals surface area contributed by atoms with Crippen LogP contribution < -0.4 is 5.32 Å². The predicted octanol–water partition coefficient (Wildman–Crippen LogP) is 3.29. The number of rotatable bonds is 6. The standard InChI is InChI=1S/C11H16BrNS/c1-14-7-3-6-13-9-10-4-2-5-11(12)8-10/h2,4-5,8,13H,3,6-7,9H2,1H3.